The van der Waals surface area contributed by atoms with Crippen LogP contribution in [0.3, 0.4) is 0 Å². The predicted octanol–water partition coefficient (Wildman–Crippen LogP) is 2.54. The molecule has 1 fully saturated rings. The van der Waals surface area contributed by atoms with Crippen molar-refractivity contribution >= 4 is 11.6 Å². The lowest BCUT2D eigenvalue weighted by Gasteiger charge is -2.29. The Bertz CT molecular complexity index is 418. The number of hydrogen-bond acceptors (Lipinski definition) is 6. The number of anilines is 2. The summed E-state index contributed by atoms with van der Waals surface area (Å²) < 4.78 is 5.34. The summed E-state index contributed by atoms with van der Waals surface area (Å²) in [6, 6.07) is 0.456. The lowest BCUT2D eigenvalue weighted by Crippen LogP contribution is -2.27. The van der Waals surface area contributed by atoms with Crippen molar-refractivity contribution in [1.29, 1.82) is 0 Å². The molecule has 2 rings (SSSR count). The largest absolute Gasteiger partial charge is 0.490 e. The summed E-state index contributed by atoms with van der Waals surface area (Å²) in [6.45, 7) is 2.26. The SMILES string of the molecule is CCCC1CCC(Nc2ncnc(NN)c2OC)CC1. The van der Waals surface area contributed by atoms with Gasteiger partial charge in [0.25, 0.3) is 0 Å². The first kappa shape index (κ1) is 14.8. The Labute approximate surface area is 120 Å². The summed E-state index contributed by atoms with van der Waals surface area (Å²) in [7, 11) is 1.60. The van der Waals surface area contributed by atoms with E-state index >= 15 is 0 Å². The fourth-order valence-corrected chi connectivity index (χ4v) is 2.97. The Hall–Kier alpha value is -1.56. The Morgan fingerprint density at radius 1 is 1.25 bits per heavy atom. The monoisotopic (exact) mass is 279 g/mol. The minimum atomic E-state index is 0.456. The molecule has 0 aliphatic heterocycles. The second kappa shape index (κ2) is 7.28. The van der Waals surface area contributed by atoms with Gasteiger partial charge in [-0.3, -0.25) is 0 Å². The number of nitrogens with zero attached hydrogens (tertiary/aromatic N) is 2. The second-order valence-electron chi connectivity index (χ2n) is 5.40. The molecular formula is C14H25N5O. The molecule has 0 bridgehead atoms. The van der Waals surface area contributed by atoms with E-state index in [9.17, 15) is 0 Å². The maximum atomic E-state index is 5.43. The van der Waals surface area contributed by atoms with Gasteiger partial charge in [-0.1, -0.05) is 19.8 Å². The number of rotatable bonds is 6. The van der Waals surface area contributed by atoms with Gasteiger partial charge < -0.3 is 15.5 Å². The number of nitrogens with one attached hydrogen (secondary N) is 2. The van der Waals surface area contributed by atoms with Crippen LogP contribution in [0, 0.1) is 5.92 Å². The highest BCUT2D eigenvalue weighted by Crippen LogP contribution is 2.33. The molecular weight excluding hydrogens is 254 g/mol. The van der Waals surface area contributed by atoms with E-state index in [2.05, 4.69) is 27.6 Å². The molecule has 1 saturated carbocycles. The average molecular weight is 279 g/mol. The molecule has 1 aliphatic rings. The first-order valence-electron chi connectivity index (χ1n) is 7.40. The van der Waals surface area contributed by atoms with Gasteiger partial charge in [0.15, 0.2) is 11.6 Å². The zero-order valence-electron chi connectivity index (χ0n) is 12.4. The molecule has 0 radical (unpaired) electrons. The molecule has 1 aromatic heterocycles. The number of hydrazine groups is 1. The van der Waals surface area contributed by atoms with Gasteiger partial charge >= 0.3 is 0 Å². The molecule has 4 N–H and O–H groups in total. The zero-order chi connectivity index (χ0) is 14.4. The number of hydrogen-bond donors (Lipinski definition) is 3. The highest BCUT2D eigenvalue weighted by atomic mass is 16.5. The van der Waals surface area contributed by atoms with Crippen LogP contribution in [0.5, 0.6) is 5.75 Å². The molecule has 0 saturated heterocycles. The third kappa shape index (κ3) is 3.50. The fraction of sp³-hybridized carbons (Fsp3) is 0.714. The van der Waals surface area contributed by atoms with Crippen LogP contribution < -0.4 is 21.3 Å². The van der Waals surface area contributed by atoms with E-state index in [1.807, 2.05) is 0 Å². The number of nitrogen functional groups attached to an aromatic ring is 1. The minimum Gasteiger partial charge on any atom is -0.490 e. The standard InChI is InChI=1S/C14H25N5O/c1-3-4-10-5-7-11(8-6-10)18-13-12(20-2)14(19-15)17-9-16-13/h9-11H,3-8,15H2,1-2H3,(H2,16,17,18,19). The van der Waals surface area contributed by atoms with Gasteiger partial charge in [-0.2, -0.15) is 0 Å². The van der Waals surface area contributed by atoms with Crippen molar-refractivity contribution in [2.75, 3.05) is 17.9 Å². The van der Waals surface area contributed by atoms with Gasteiger partial charge in [0, 0.05) is 6.04 Å². The van der Waals surface area contributed by atoms with E-state index in [4.69, 9.17) is 10.6 Å². The molecule has 0 atom stereocenters. The lowest BCUT2D eigenvalue weighted by molar-refractivity contribution is 0.318. The second-order valence-corrected chi connectivity index (χ2v) is 5.40. The maximum Gasteiger partial charge on any atom is 0.205 e. The van der Waals surface area contributed by atoms with E-state index in [1.54, 1.807) is 7.11 Å². The molecule has 0 aromatic carbocycles. The summed E-state index contributed by atoms with van der Waals surface area (Å²) in [5.74, 6) is 8.12. The molecule has 20 heavy (non-hydrogen) atoms. The van der Waals surface area contributed by atoms with Gasteiger partial charge in [0.2, 0.25) is 5.75 Å². The van der Waals surface area contributed by atoms with Crippen LogP contribution in [0.4, 0.5) is 11.6 Å². The molecule has 0 spiro atoms. The van der Waals surface area contributed by atoms with E-state index in [1.165, 1.54) is 44.9 Å². The van der Waals surface area contributed by atoms with E-state index in [-0.39, 0.29) is 0 Å². The van der Waals surface area contributed by atoms with Crippen LogP contribution in [0.25, 0.3) is 0 Å². The number of methoxy groups -OCH3 is 1. The minimum absolute atomic E-state index is 0.456. The van der Waals surface area contributed by atoms with Gasteiger partial charge in [-0.15, -0.1) is 0 Å². The number of ether oxygens (including phenoxy) is 1. The van der Waals surface area contributed by atoms with Crippen LogP contribution in [-0.2, 0) is 0 Å². The van der Waals surface area contributed by atoms with Crippen LogP contribution >= 0.6 is 0 Å². The van der Waals surface area contributed by atoms with Crippen molar-refractivity contribution in [3.63, 3.8) is 0 Å². The number of nitrogens with two attached hydrogens (primary N) is 1. The highest BCUT2D eigenvalue weighted by Gasteiger charge is 2.22. The molecule has 0 amide bonds. The maximum absolute atomic E-state index is 5.43. The van der Waals surface area contributed by atoms with Crippen LogP contribution in [-0.4, -0.2) is 23.1 Å². The quantitative estimate of drug-likeness (QED) is 0.548. The third-order valence-electron chi connectivity index (χ3n) is 4.03. The van der Waals surface area contributed by atoms with E-state index < -0.39 is 0 Å². The topological polar surface area (TPSA) is 85.1 Å². The van der Waals surface area contributed by atoms with Crippen molar-refractivity contribution in [3.05, 3.63) is 6.33 Å². The fourth-order valence-electron chi connectivity index (χ4n) is 2.97. The van der Waals surface area contributed by atoms with Crippen molar-refractivity contribution in [2.45, 2.75) is 51.5 Å². The Balaban J connectivity index is 1.97. The van der Waals surface area contributed by atoms with E-state index in [0.717, 1.165) is 11.7 Å². The number of aromatic nitrogens is 2. The molecule has 1 aromatic rings. The molecule has 1 aliphatic carbocycles. The van der Waals surface area contributed by atoms with E-state index in [0.29, 0.717) is 17.6 Å². The molecule has 6 heteroatoms. The van der Waals surface area contributed by atoms with Crippen molar-refractivity contribution in [3.8, 4) is 5.75 Å². The molecule has 6 nitrogen and oxygen atoms in total. The summed E-state index contributed by atoms with van der Waals surface area (Å²) >= 11 is 0. The Morgan fingerprint density at radius 2 is 1.95 bits per heavy atom. The van der Waals surface area contributed by atoms with Crippen LogP contribution in [0.15, 0.2) is 6.33 Å². The van der Waals surface area contributed by atoms with Gasteiger partial charge in [0.1, 0.15) is 6.33 Å². The van der Waals surface area contributed by atoms with Crippen molar-refractivity contribution in [2.24, 2.45) is 11.8 Å². The van der Waals surface area contributed by atoms with Gasteiger partial charge in [-0.25, -0.2) is 15.8 Å². The first-order valence-corrected chi connectivity index (χ1v) is 7.40. The van der Waals surface area contributed by atoms with Crippen molar-refractivity contribution < 1.29 is 4.74 Å². The average Bonchev–Trinajstić information content (AvgIpc) is 2.49. The highest BCUT2D eigenvalue weighted by molar-refractivity contribution is 5.63. The molecule has 0 unspecified atom stereocenters. The van der Waals surface area contributed by atoms with Crippen LogP contribution in [0.1, 0.15) is 45.4 Å². The molecule has 1 heterocycles. The van der Waals surface area contributed by atoms with Crippen molar-refractivity contribution in [1.82, 2.24) is 9.97 Å². The smallest absolute Gasteiger partial charge is 0.205 e. The summed E-state index contributed by atoms with van der Waals surface area (Å²) in [6.07, 6.45) is 9.08. The Morgan fingerprint density at radius 3 is 2.55 bits per heavy atom. The predicted molar refractivity (Wildman–Crippen MR) is 80.7 cm³/mol. The summed E-state index contributed by atoms with van der Waals surface area (Å²) in [5, 5.41) is 3.47. The normalized spacial score (nSPS) is 22.4. The third-order valence-corrected chi connectivity index (χ3v) is 4.03. The molecule has 112 valence electrons. The summed E-state index contributed by atoms with van der Waals surface area (Å²) in [4.78, 5) is 8.31. The van der Waals surface area contributed by atoms with Gasteiger partial charge in [-0.05, 0) is 31.6 Å². The lowest BCUT2D eigenvalue weighted by atomic mass is 9.83. The van der Waals surface area contributed by atoms with Gasteiger partial charge in [0.05, 0.1) is 7.11 Å². The zero-order valence-corrected chi connectivity index (χ0v) is 12.4. The first-order chi connectivity index (χ1) is 9.78. The Kier molecular flexibility index (Phi) is 5.40. The summed E-state index contributed by atoms with van der Waals surface area (Å²) in [5.41, 5.74) is 2.53. The van der Waals surface area contributed by atoms with Crippen LogP contribution in [0.2, 0.25) is 0 Å².